The number of amides is 1. The maximum Gasteiger partial charge on any atom is 0.494 e. The number of hydrogen-bond donors (Lipinski definition) is 1. The fourth-order valence-electron chi connectivity index (χ4n) is 4.52. The van der Waals surface area contributed by atoms with Crippen LogP contribution in [0.5, 0.6) is 0 Å². The van der Waals surface area contributed by atoms with Gasteiger partial charge in [-0.15, -0.1) is 0 Å². The molecule has 0 spiro atoms. The number of rotatable bonds is 7. The summed E-state index contributed by atoms with van der Waals surface area (Å²) in [5.74, 6) is 0.181. The molecule has 0 saturated carbocycles. The van der Waals surface area contributed by atoms with Gasteiger partial charge in [0.2, 0.25) is 0 Å². The highest BCUT2D eigenvalue weighted by atomic mass is 16.7. The third kappa shape index (κ3) is 5.41. The van der Waals surface area contributed by atoms with Gasteiger partial charge < -0.3 is 24.1 Å². The van der Waals surface area contributed by atoms with Gasteiger partial charge in [0.05, 0.1) is 22.8 Å². The van der Waals surface area contributed by atoms with Crippen LogP contribution in [0.1, 0.15) is 93.2 Å². The van der Waals surface area contributed by atoms with Crippen LogP contribution in [-0.4, -0.2) is 52.2 Å². The van der Waals surface area contributed by atoms with Crippen LogP contribution in [0.4, 0.5) is 4.79 Å². The Labute approximate surface area is 200 Å². The molecular weight excluding hydrogens is 417 g/mol. The highest BCUT2D eigenvalue weighted by Crippen LogP contribution is 2.39. The zero-order chi connectivity index (χ0) is 24.8. The van der Waals surface area contributed by atoms with Gasteiger partial charge in [-0.05, 0) is 78.3 Å². The smallest absolute Gasteiger partial charge is 0.442 e. The second-order valence-electron chi connectivity index (χ2n) is 11.8. The second-order valence-corrected chi connectivity index (χ2v) is 11.8. The maximum absolute atomic E-state index is 13.1. The summed E-state index contributed by atoms with van der Waals surface area (Å²) in [5.41, 5.74) is -0.0620. The Morgan fingerprint density at radius 2 is 1.61 bits per heavy atom. The highest BCUT2D eigenvalue weighted by molar-refractivity contribution is 6.62. The van der Waals surface area contributed by atoms with Crippen LogP contribution in [-0.2, 0) is 14.0 Å². The molecular formula is C26H42BNO5. The van der Waals surface area contributed by atoms with Gasteiger partial charge in [0.25, 0.3) is 0 Å². The highest BCUT2D eigenvalue weighted by Gasteiger charge is 2.51. The Kier molecular flexibility index (Phi) is 7.02. The van der Waals surface area contributed by atoms with E-state index >= 15 is 0 Å². The molecule has 2 aliphatic rings. The number of hydrogen-bond acceptors (Lipinski definition) is 5. The van der Waals surface area contributed by atoms with E-state index in [1.165, 1.54) is 0 Å². The van der Waals surface area contributed by atoms with Crippen molar-refractivity contribution in [2.45, 2.75) is 110 Å². The largest absolute Gasteiger partial charge is 0.494 e. The monoisotopic (exact) mass is 459 g/mol. The van der Waals surface area contributed by atoms with Crippen LogP contribution < -0.4 is 5.46 Å². The lowest BCUT2D eigenvalue weighted by molar-refractivity contribution is -0.0968. The van der Waals surface area contributed by atoms with Gasteiger partial charge >= 0.3 is 13.2 Å². The lowest BCUT2D eigenvalue weighted by Crippen LogP contribution is -2.53. The van der Waals surface area contributed by atoms with Crippen molar-refractivity contribution in [1.82, 2.24) is 4.90 Å². The minimum absolute atomic E-state index is 0.107. The summed E-state index contributed by atoms with van der Waals surface area (Å²) in [6.07, 6.45) is 1.72. The van der Waals surface area contributed by atoms with Crippen molar-refractivity contribution < 1.29 is 23.9 Å². The molecule has 1 aromatic rings. The number of ether oxygens (including phenoxy) is 1. The first-order valence-electron chi connectivity index (χ1n) is 12.2. The Balaban J connectivity index is 1.68. The molecule has 2 unspecified atom stereocenters. The molecule has 6 nitrogen and oxygen atoms in total. The summed E-state index contributed by atoms with van der Waals surface area (Å²) < 4.78 is 18.4. The van der Waals surface area contributed by atoms with E-state index in [-0.39, 0.29) is 29.3 Å². The first kappa shape index (κ1) is 26.0. The summed E-state index contributed by atoms with van der Waals surface area (Å²) in [7, 11) is -0.401. The molecule has 2 atom stereocenters. The molecule has 0 aromatic heterocycles. The number of benzene rings is 1. The van der Waals surface area contributed by atoms with E-state index in [1.807, 2.05) is 58.9 Å². The number of cyclic esters (lactones) is 1. The Bertz CT molecular complexity index is 829. The molecule has 2 saturated heterocycles. The second kappa shape index (κ2) is 8.90. The van der Waals surface area contributed by atoms with E-state index in [9.17, 15) is 9.90 Å². The molecule has 0 aliphatic carbocycles. The topological polar surface area (TPSA) is 68.2 Å². The molecule has 2 heterocycles. The van der Waals surface area contributed by atoms with Crippen molar-refractivity contribution in [3.8, 4) is 0 Å². The third-order valence-electron chi connectivity index (χ3n) is 7.92. The first-order valence-corrected chi connectivity index (χ1v) is 12.2. The van der Waals surface area contributed by atoms with Gasteiger partial charge in [0, 0.05) is 13.0 Å². The summed E-state index contributed by atoms with van der Waals surface area (Å²) >= 11 is 0. The number of aliphatic hydroxyl groups is 1. The van der Waals surface area contributed by atoms with Crippen molar-refractivity contribution >= 4 is 18.7 Å². The molecule has 2 fully saturated rings. The molecule has 1 amide bonds. The summed E-state index contributed by atoms with van der Waals surface area (Å²) in [4.78, 5) is 14.9. The normalized spacial score (nSPS) is 26.0. The van der Waals surface area contributed by atoms with Crippen LogP contribution in [0, 0.1) is 5.92 Å². The molecule has 1 aromatic carbocycles. The van der Waals surface area contributed by atoms with Gasteiger partial charge in [0.15, 0.2) is 0 Å². The molecule has 33 heavy (non-hydrogen) atoms. The van der Waals surface area contributed by atoms with Crippen molar-refractivity contribution in [2.75, 3.05) is 6.54 Å². The van der Waals surface area contributed by atoms with Crippen LogP contribution >= 0.6 is 0 Å². The van der Waals surface area contributed by atoms with Gasteiger partial charge in [-0.3, -0.25) is 0 Å². The molecule has 184 valence electrons. The van der Waals surface area contributed by atoms with Gasteiger partial charge in [-0.1, -0.05) is 38.1 Å². The van der Waals surface area contributed by atoms with Crippen LogP contribution in [0.25, 0.3) is 0 Å². The molecule has 0 radical (unpaired) electrons. The Morgan fingerprint density at radius 3 is 2.06 bits per heavy atom. The molecule has 1 N–H and O–H groups in total. The maximum atomic E-state index is 13.1. The zero-order valence-electron chi connectivity index (χ0n) is 21.9. The van der Waals surface area contributed by atoms with Crippen LogP contribution in [0.3, 0.4) is 0 Å². The average molecular weight is 459 g/mol. The number of nitrogens with zero attached hydrogens (tertiary/aromatic N) is 1. The van der Waals surface area contributed by atoms with E-state index in [0.717, 1.165) is 17.4 Å². The quantitative estimate of drug-likeness (QED) is 0.592. The van der Waals surface area contributed by atoms with Gasteiger partial charge in [-0.2, -0.15) is 0 Å². The van der Waals surface area contributed by atoms with Crippen molar-refractivity contribution in [2.24, 2.45) is 5.92 Å². The lowest BCUT2D eigenvalue weighted by Gasteiger charge is -2.46. The zero-order valence-corrected chi connectivity index (χ0v) is 21.9. The Morgan fingerprint density at radius 1 is 1.06 bits per heavy atom. The van der Waals surface area contributed by atoms with Gasteiger partial charge in [-0.25, -0.2) is 4.79 Å². The van der Waals surface area contributed by atoms with E-state index in [2.05, 4.69) is 13.8 Å². The standard InChI is InChI=1S/C26H42BNO5/c1-18(2)26(15-14-23(4,5)30)16-17-28(22(29)31-26)19(3)20-10-12-21(13-11-20)27-32-24(6,7)25(8,9)33-27/h10-13,18-19,30H,14-17H2,1-9H3. The van der Waals surface area contributed by atoms with Crippen LogP contribution in [0.2, 0.25) is 0 Å². The van der Waals surface area contributed by atoms with E-state index in [4.69, 9.17) is 14.0 Å². The predicted octanol–water partition coefficient (Wildman–Crippen LogP) is 4.84. The molecule has 2 aliphatic heterocycles. The summed E-state index contributed by atoms with van der Waals surface area (Å²) in [5, 5.41) is 10.2. The van der Waals surface area contributed by atoms with Crippen molar-refractivity contribution in [3.05, 3.63) is 29.8 Å². The minimum atomic E-state index is -0.780. The van der Waals surface area contributed by atoms with E-state index in [0.29, 0.717) is 19.4 Å². The average Bonchev–Trinajstić information content (AvgIpc) is 2.92. The lowest BCUT2D eigenvalue weighted by atomic mass is 9.78. The Hall–Kier alpha value is -1.57. The van der Waals surface area contributed by atoms with E-state index in [1.54, 1.807) is 18.7 Å². The minimum Gasteiger partial charge on any atom is -0.442 e. The number of carbonyl (C=O) groups excluding carboxylic acids is 1. The molecule has 3 rings (SSSR count). The van der Waals surface area contributed by atoms with Crippen molar-refractivity contribution in [1.29, 1.82) is 0 Å². The summed E-state index contributed by atoms with van der Waals surface area (Å²) in [6, 6.07) is 8.01. The molecule has 0 bridgehead atoms. The fraction of sp³-hybridized carbons (Fsp3) is 0.731. The SMILES string of the molecule is CC(c1ccc(B2OC(C)(C)C(C)(C)O2)cc1)N1CCC(CCC(C)(C)O)(C(C)C)OC1=O. The predicted molar refractivity (Wildman–Crippen MR) is 131 cm³/mol. The van der Waals surface area contributed by atoms with Crippen LogP contribution in [0.15, 0.2) is 24.3 Å². The summed E-state index contributed by atoms with van der Waals surface area (Å²) in [6.45, 7) is 18.6. The third-order valence-corrected chi connectivity index (χ3v) is 7.92. The van der Waals surface area contributed by atoms with E-state index < -0.39 is 18.3 Å². The number of carbonyl (C=O) groups is 1. The fourth-order valence-corrected chi connectivity index (χ4v) is 4.52. The first-order chi connectivity index (χ1) is 15.1. The van der Waals surface area contributed by atoms with Crippen molar-refractivity contribution in [3.63, 3.8) is 0 Å². The van der Waals surface area contributed by atoms with Gasteiger partial charge in [0.1, 0.15) is 5.60 Å². The molecule has 7 heteroatoms.